The summed E-state index contributed by atoms with van der Waals surface area (Å²) >= 11 is 0. The minimum absolute atomic E-state index is 0.0141. The Kier molecular flexibility index (Phi) is 2.36. The Morgan fingerprint density at radius 2 is 2.00 bits per heavy atom. The quantitative estimate of drug-likeness (QED) is 0.682. The predicted molar refractivity (Wildman–Crippen MR) is 61.8 cm³/mol. The Hall–Kier alpha value is -2.30. The molecule has 0 amide bonds. The molecule has 82 valence electrons. The van der Waals surface area contributed by atoms with E-state index in [9.17, 15) is 9.59 Å². The number of ether oxygens (including phenoxy) is 1. The highest BCUT2D eigenvalue weighted by Gasteiger charge is 2.03. The van der Waals surface area contributed by atoms with Crippen molar-refractivity contribution >= 4 is 16.6 Å². The molecular weight excluding hydrogens is 208 g/mol. The molecule has 0 saturated carbocycles. The highest BCUT2D eigenvalue weighted by atomic mass is 16.5. The van der Waals surface area contributed by atoms with Crippen LogP contribution in [0.4, 0.5) is 5.69 Å². The third kappa shape index (κ3) is 1.63. The molecular formula is C11H10N2O3. The normalized spacial score (nSPS) is 10.3. The van der Waals surface area contributed by atoms with E-state index < -0.39 is 5.56 Å². The van der Waals surface area contributed by atoms with Crippen LogP contribution in [-0.2, 0) is 0 Å². The van der Waals surface area contributed by atoms with E-state index in [4.69, 9.17) is 10.5 Å². The van der Waals surface area contributed by atoms with Gasteiger partial charge in [0.05, 0.1) is 12.6 Å². The van der Waals surface area contributed by atoms with Crippen molar-refractivity contribution in [3.8, 4) is 5.75 Å². The topological polar surface area (TPSA) is 85.2 Å². The van der Waals surface area contributed by atoms with Gasteiger partial charge in [-0.1, -0.05) is 0 Å². The van der Waals surface area contributed by atoms with E-state index in [-0.39, 0.29) is 11.2 Å². The van der Waals surface area contributed by atoms with Gasteiger partial charge in [0, 0.05) is 17.1 Å². The Morgan fingerprint density at radius 3 is 2.69 bits per heavy atom. The number of nitrogen functional groups attached to an aromatic ring is 1. The third-order valence-electron chi connectivity index (χ3n) is 2.26. The monoisotopic (exact) mass is 218 g/mol. The fraction of sp³-hybridized carbons (Fsp3) is 0.0909. The Labute approximate surface area is 90.5 Å². The minimum Gasteiger partial charge on any atom is -0.491 e. The maximum atomic E-state index is 11.8. The molecule has 1 aromatic heterocycles. The fourth-order valence-electron chi connectivity index (χ4n) is 1.47. The van der Waals surface area contributed by atoms with Crippen LogP contribution in [0.1, 0.15) is 0 Å². The molecule has 0 aliphatic carbocycles. The number of hydrogen-bond donors (Lipinski definition) is 2. The summed E-state index contributed by atoms with van der Waals surface area (Å²) in [7, 11) is 1.34. The van der Waals surface area contributed by atoms with E-state index in [0.29, 0.717) is 16.6 Å². The molecule has 1 aromatic carbocycles. The highest BCUT2D eigenvalue weighted by molar-refractivity contribution is 5.81. The summed E-state index contributed by atoms with van der Waals surface area (Å²) < 4.78 is 4.81. The number of H-pyrrole nitrogens is 1. The van der Waals surface area contributed by atoms with Crippen LogP contribution in [0.2, 0.25) is 0 Å². The lowest BCUT2D eigenvalue weighted by Gasteiger charge is -1.93. The third-order valence-corrected chi connectivity index (χ3v) is 2.26. The number of nitrogens with two attached hydrogens (primary N) is 1. The van der Waals surface area contributed by atoms with Crippen molar-refractivity contribution in [1.82, 2.24) is 4.98 Å². The molecule has 3 N–H and O–H groups in total. The van der Waals surface area contributed by atoms with Crippen molar-refractivity contribution in [2.24, 2.45) is 0 Å². The van der Waals surface area contributed by atoms with Gasteiger partial charge in [-0.25, -0.2) is 0 Å². The highest BCUT2D eigenvalue weighted by Crippen LogP contribution is 2.10. The van der Waals surface area contributed by atoms with Gasteiger partial charge in [0.25, 0.3) is 5.56 Å². The standard InChI is InChI=1S/C11H10N2O3/c1-16-10-5-9(14)7-4-6(12)2-3-8(7)13-11(10)15/h2-5H,12H2,1H3,(H,13,15). The lowest BCUT2D eigenvalue weighted by molar-refractivity contribution is 0.409. The van der Waals surface area contributed by atoms with Crippen molar-refractivity contribution in [2.45, 2.75) is 0 Å². The first kappa shape index (κ1) is 10.2. The second kappa shape index (κ2) is 3.69. The van der Waals surface area contributed by atoms with Crippen molar-refractivity contribution in [3.05, 3.63) is 44.8 Å². The number of nitrogens with one attached hydrogen (secondary N) is 1. The number of benzene rings is 1. The summed E-state index contributed by atoms with van der Waals surface area (Å²) in [5.74, 6) is -0.0141. The van der Waals surface area contributed by atoms with Crippen LogP contribution in [-0.4, -0.2) is 12.1 Å². The average molecular weight is 218 g/mol. The molecule has 0 saturated heterocycles. The first-order valence-electron chi connectivity index (χ1n) is 4.62. The largest absolute Gasteiger partial charge is 0.491 e. The number of aromatic amines is 1. The molecule has 0 aliphatic heterocycles. The van der Waals surface area contributed by atoms with E-state index >= 15 is 0 Å². The van der Waals surface area contributed by atoms with Gasteiger partial charge in [-0.2, -0.15) is 0 Å². The van der Waals surface area contributed by atoms with Gasteiger partial charge >= 0.3 is 0 Å². The number of methoxy groups -OCH3 is 1. The SMILES string of the molecule is COc1cc(=O)c2cc(N)ccc2[nH]c1=O. The lowest BCUT2D eigenvalue weighted by Crippen LogP contribution is -2.05. The van der Waals surface area contributed by atoms with Gasteiger partial charge in [-0.3, -0.25) is 9.59 Å². The molecule has 16 heavy (non-hydrogen) atoms. The minimum atomic E-state index is -0.445. The van der Waals surface area contributed by atoms with Crippen LogP contribution in [0.3, 0.4) is 0 Å². The molecule has 0 spiro atoms. The van der Waals surface area contributed by atoms with Gasteiger partial charge in [0.15, 0.2) is 11.2 Å². The molecule has 0 radical (unpaired) electrons. The maximum absolute atomic E-state index is 11.8. The van der Waals surface area contributed by atoms with Crippen LogP contribution < -0.4 is 21.5 Å². The Morgan fingerprint density at radius 1 is 1.25 bits per heavy atom. The molecule has 0 bridgehead atoms. The summed E-state index contributed by atoms with van der Waals surface area (Å²) in [4.78, 5) is 25.9. The fourth-order valence-corrected chi connectivity index (χ4v) is 1.47. The second-order valence-corrected chi connectivity index (χ2v) is 3.34. The number of aromatic nitrogens is 1. The molecule has 5 nitrogen and oxygen atoms in total. The second-order valence-electron chi connectivity index (χ2n) is 3.34. The lowest BCUT2D eigenvalue weighted by atomic mass is 10.2. The molecule has 0 unspecified atom stereocenters. The van der Waals surface area contributed by atoms with Crippen LogP contribution in [0.5, 0.6) is 5.75 Å². The van der Waals surface area contributed by atoms with Crippen LogP contribution in [0.15, 0.2) is 33.9 Å². The van der Waals surface area contributed by atoms with Crippen molar-refractivity contribution in [1.29, 1.82) is 0 Å². The van der Waals surface area contributed by atoms with Crippen LogP contribution in [0.25, 0.3) is 10.9 Å². The molecule has 0 aliphatic rings. The molecule has 2 rings (SSSR count). The zero-order valence-corrected chi connectivity index (χ0v) is 8.61. The van der Waals surface area contributed by atoms with E-state index in [0.717, 1.165) is 6.07 Å². The van der Waals surface area contributed by atoms with E-state index in [1.807, 2.05) is 0 Å². The summed E-state index contributed by atoms with van der Waals surface area (Å²) in [5, 5.41) is 0.361. The van der Waals surface area contributed by atoms with Gasteiger partial charge in [-0.15, -0.1) is 0 Å². The molecule has 1 heterocycles. The smallest absolute Gasteiger partial charge is 0.290 e. The van der Waals surface area contributed by atoms with Crippen molar-refractivity contribution < 1.29 is 4.74 Å². The Bertz CT molecular complexity index is 661. The van der Waals surface area contributed by atoms with E-state index in [1.54, 1.807) is 12.1 Å². The molecule has 0 fully saturated rings. The van der Waals surface area contributed by atoms with Gasteiger partial charge < -0.3 is 15.5 Å². The number of fused-ring (bicyclic) bond motifs is 1. The summed E-state index contributed by atoms with van der Waals surface area (Å²) in [6.45, 7) is 0. The average Bonchev–Trinajstić information content (AvgIpc) is 2.37. The predicted octanol–water partition coefficient (Wildman–Crippen LogP) is 0.479. The summed E-state index contributed by atoms with van der Waals surface area (Å²) in [6.07, 6.45) is 0. The first-order valence-corrected chi connectivity index (χ1v) is 4.62. The molecule has 2 aromatic rings. The number of anilines is 1. The van der Waals surface area contributed by atoms with Crippen molar-refractivity contribution in [3.63, 3.8) is 0 Å². The number of hydrogen-bond acceptors (Lipinski definition) is 4. The number of rotatable bonds is 1. The van der Waals surface area contributed by atoms with Crippen LogP contribution in [0, 0.1) is 0 Å². The molecule has 5 heteroatoms. The summed E-state index contributed by atoms with van der Waals surface area (Å²) in [5.41, 5.74) is 5.73. The van der Waals surface area contributed by atoms with Crippen LogP contribution >= 0.6 is 0 Å². The van der Waals surface area contributed by atoms with E-state index in [1.165, 1.54) is 13.2 Å². The van der Waals surface area contributed by atoms with Gasteiger partial charge in [0.2, 0.25) is 0 Å². The maximum Gasteiger partial charge on any atom is 0.290 e. The first-order chi connectivity index (χ1) is 7.61. The van der Waals surface area contributed by atoms with Crippen molar-refractivity contribution in [2.75, 3.05) is 12.8 Å². The molecule has 0 atom stereocenters. The zero-order valence-electron chi connectivity index (χ0n) is 8.61. The van der Waals surface area contributed by atoms with E-state index in [2.05, 4.69) is 4.98 Å². The Balaban J connectivity index is 3.01. The zero-order chi connectivity index (χ0) is 11.7. The van der Waals surface area contributed by atoms with Gasteiger partial charge in [0.1, 0.15) is 0 Å². The summed E-state index contributed by atoms with van der Waals surface area (Å²) in [6, 6.07) is 5.88. The van der Waals surface area contributed by atoms with Gasteiger partial charge in [-0.05, 0) is 18.2 Å².